The van der Waals surface area contributed by atoms with Crippen LogP contribution in [0, 0.1) is 0 Å². The van der Waals surface area contributed by atoms with E-state index in [4.69, 9.17) is 16.3 Å². The molecule has 0 aliphatic rings. The molecule has 6 heteroatoms. The van der Waals surface area contributed by atoms with E-state index < -0.39 is 0 Å². The van der Waals surface area contributed by atoms with Crippen LogP contribution in [0.5, 0.6) is 5.75 Å². The molecule has 2 N–H and O–H groups in total. The lowest BCUT2D eigenvalue weighted by Gasteiger charge is -2.04. The number of rotatable bonds is 7. The summed E-state index contributed by atoms with van der Waals surface area (Å²) in [4.78, 5) is 20.0. The zero-order chi connectivity index (χ0) is 22.3. The number of aromatic nitrogens is 2. The van der Waals surface area contributed by atoms with Gasteiger partial charge in [-0.05, 0) is 35.4 Å². The smallest absolute Gasteiger partial charge is 0.244 e. The molecular weight excluding hydrogens is 422 g/mol. The van der Waals surface area contributed by atoms with E-state index in [9.17, 15) is 4.79 Å². The van der Waals surface area contributed by atoms with Gasteiger partial charge >= 0.3 is 0 Å². The minimum Gasteiger partial charge on any atom is -0.497 e. The van der Waals surface area contributed by atoms with Gasteiger partial charge in [0, 0.05) is 28.8 Å². The molecule has 0 saturated heterocycles. The number of ether oxygens (including phenoxy) is 1. The first-order chi connectivity index (χ1) is 15.6. The second-order valence-electron chi connectivity index (χ2n) is 7.15. The largest absolute Gasteiger partial charge is 0.497 e. The highest BCUT2D eigenvalue weighted by Gasteiger charge is 2.07. The average molecular weight is 444 g/mol. The molecule has 0 atom stereocenters. The predicted octanol–water partition coefficient (Wildman–Crippen LogP) is 5.74. The summed E-state index contributed by atoms with van der Waals surface area (Å²) in [5.74, 6) is 1.40. The Morgan fingerprint density at radius 2 is 1.88 bits per heavy atom. The van der Waals surface area contributed by atoms with Crippen LogP contribution in [0.3, 0.4) is 0 Å². The van der Waals surface area contributed by atoms with E-state index in [1.54, 1.807) is 19.3 Å². The van der Waals surface area contributed by atoms with Gasteiger partial charge in [0.2, 0.25) is 5.91 Å². The van der Waals surface area contributed by atoms with Gasteiger partial charge < -0.3 is 15.0 Å². The number of hydrogen-bond acceptors (Lipinski definition) is 3. The standard InChI is InChI=1S/C26H22ClN3O2/c1-32-22-7-4-6-21(15-22)24-17-29-26(30-24)20-11-9-18(10-12-20)16-28-25(31)14-13-19-5-2-3-8-23(19)27/h2-15,17H,16H2,1H3,(H,28,31)(H,29,30)/b14-13+. The summed E-state index contributed by atoms with van der Waals surface area (Å²) >= 11 is 6.10. The Morgan fingerprint density at radius 1 is 1.06 bits per heavy atom. The van der Waals surface area contributed by atoms with Crippen LogP contribution in [-0.4, -0.2) is 23.0 Å². The van der Waals surface area contributed by atoms with E-state index in [-0.39, 0.29) is 5.91 Å². The summed E-state index contributed by atoms with van der Waals surface area (Å²) in [6.07, 6.45) is 5.00. The van der Waals surface area contributed by atoms with Crippen molar-refractivity contribution in [2.45, 2.75) is 6.54 Å². The number of nitrogens with one attached hydrogen (secondary N) is 2. The molecule has 4 rings (SSSR count). The number of imidazole rings is 1. The van der Waals surface area contributed by atoms with Crippen molar-refractivity contribution in [2.75, 3.05) is 7.11 Å². The number of benzene rings is 3. The van der Waals surface area contributed by atoms with Gasteiger partial charge in [0.25, 0.3) is 0 Å². The SMILES string of the molecule is COc1cccc(-c2cnc(-c3ccc(CNC(=O)/C=C/c4ccccc4Cl)cc3)[nH]2)c1. The van der Waals surface area contributed by atoms with E-state index in [1.165, 1.54) is 6.08 Å². The highest BCUT2D eigenvalue weighted by Crippen LogP contribution is 2.25. The van der Waals surface area contributed by atoms with Gasteiger partial charge in [0.15, 0.2) is 0 Å². The van der Waals surface area contributed by atoms with Gasteiger partial charge in [-0.2, -0.15) is 0 Å². The molecule has 160 valence electrons. The molecule has 1 amide bonds. The number of carbonyl (C=O) groups is 1. The number of aromatic amines is 1. The molecule has 32 heavy (non-hydrogen) atoms. The molecule has 0 unspecified atom stereocenters. The van der Waals surface area contributed by atoms with Crippen LogP contribution in [0.2, 0.25) is 5.02 Å². The van der Waals surface area contributed by atoms with Crippen molar-refractivity contribution in [2.24, 2.45) is 0 Å². The Morgan fingerprint density at radius 3 is 2.66 bits per heavy atom. The van der Waals surface area contributed by atoms with Crippen molar-refractivity contribution >= 4 is 23.6 Å². The number of methoxy groups -OCH3 is 1. The zero-order valence-corrected chi connectivity index (χ0v) is 18.3. The van der Waals surface area contributed by atoms with Crippen LogP contribution in [0.4, 0.5) is 0 Å². The Hall–Kier alpha value is -3.83. The van der Waals surface area contributed by atoms with Gasteiger partial charge in [-0.3, -0.25) is 4.79 Å². The highest BCUT2D eigenvalue weighted by molar-refractivity contribution is 6.32. The lowest BCUT2D eigenvalue weighted by atomic mass is 10.1. The molecule has 3 aromatic carbocycles. The fraction of sp³-hybridized carbons (Fsp3) is 0.0769. The third-order valence-electron chi connectivity index (χ3n) is 4.97. The molecule has 0 fully saturated rings. The molecular formula is C26H22ClN3O2. The van der Waals surface area contributed by atoms with Crippen LogP contribution in [0.1, 0.15) is 11.1 Å². The van der Waals surface area contributed by atoms with Gasteiger partial charge in [-0.1, -0.05) is 66.2 Å². The van der Waals surface area contributed by atoms with Crippen LogP contribution >= 0.6 is 11.6 Å². The summed E-state index contributed by atoms with van der Waals surface area (Å²) in [7, 11) is 1.65. The minimum atomic E-state index is -0.178. The second-order valence-corrected chi connectivity index (χ2v) is 7.55. The Balaban J connectivity index is 1.37. The van der Waals surface area contributed by atoms with E-state index in [0.717, 1.165) is 39.5 Å². The summed E-state index contributed by atoms with van der Waals surface area (Å²) in [6, 6.07) is 23.1. The van der Waals surface area contributed by atoms with Crippen molar-refractivity contribution in [1.82, 2.24) is 15.3 Å². The van der Waals surface area contributed by atoms with Gasteiger partial charge in [-0.25, -0.2) is 4.98 Å². The quantitative estimate of drug-likeness (QED) is 0.358. The first-order valence-electron chi connectivity index (χ1n) is 10.1. The molecule has 0 aliphatic carbocycles. The number of carbonyl (C=O) groups excluding carboxylic acids is 1. The van der Waals surface area contributed by atoms with Crippen LogP contribution in [0.15, 0.2) is 85.1 Å². The Kier molecular flexibility index (Phi) is 6.68. The van der Waals surface area contributed by atoms with Crippen LogP contribution in [0.25, 0.3) is 28.7 Å². The molecule has 0 aliphatic heterocycles. The summed E-state index contributed by atoms with van der Waals surface area (Å²) in [6.45, 7) is 0.430. The maximum Gasteiger partial charge on any atom is 0.244 e. The fourth-order valence-corrected chi connectivity index (χ4v) is 3.41. The molecule has 0 bridgehead atoms. The molecule has 5 nitrogen and oxygen atoms in total. The van der Waals surface area contributed by atoms with Gasteiger partial charge in [0.05, 0.1) is 19.0 Å². The van der Waals surface area contributed by atoms with Crippen LogP contribution in [-0.2, 0) is 11.3 Å². The first-order valence-corrected chi connectivity index (χ1v) is 10.5. The zero-order valence-electron chi connectivity index (χ0n) is 17.5. The summed E-state index contributed by atoms with van der Waals surface area (Å²) in [5, 5.41) is 3.49. The van der Waals surface area contributed by atoms with Crippen molar-refractivity contribution in [1.29, 1.82) is 0 Å². The molecule has 1 heterocycles. The molecule has 0 spiro atoms. The maximum atomic E-state index is 12.1. The van der Waals surface area contributed by atoms with E-state index in [0.29, 0.717) is 11.6 Å². The van der Waals surface area contributed by atoms with E-state index in [2.05, 4.69) is 15.3 Å². The molecule has 0 saturated carbocycles. The average Bonchev–Trinajstić information content (AvgIpc) is 3.33. The minimum absolute atomic E-state index is 0.178. The second kappa shape index (κ2) is 9.98. The first kappa shape index (κ1) is 21.4. The monoisotopic (exact) mass is 443 g/mol. The topological polar surface area (TPSA) is 67.0 Å². The lowest BCUT2D eigenvalue weighted by Crippen LogP contribution is -2.20. The van der Waals surface area contributed by atoms with E-state index in [1.807, 2.05) is 72.9 Å². The van der Waals surface area contributed by atoms with Crippen molar-refractivity contribution in [3.8, 4) is 28.4 Å². The Bertz CT molecular complexity index is 1250. The molecule has 4 aromatic rings. The lowest BCUT2D eigenvalue weighted by molar-refractivity contribution is -0.116. The maximum absolute atomic E-state index is 12.1. The number of amides is 1. The Labute approximate surface area is 191 Å². The number of nitrogens with zero attached hydrogens (tertiary/aromatic N) is 1. The molecule has 0 radical (unpaired) electrons. The van der Waals surface area contributed by atoms with Crippen molar-refractivity contribution in [3.63, 3.8) is 0 Å². The normalized spacial score (nSPS) is 10.9. The molecule has 1 aromatic heterocycles. The summed E-state index contributed by atoms with van der Waals surface area (Å²) in [5.41, 5.74) is 4.69. The third-order valence-corrected chi connectivity index (χ3v) is 5.31. The third kappa shape index (κ3) is 5.25. The highest BCUT2D eigenvalue weighted by atomic mass is 35.5. The van der Waals surface area contributed by atoms with Crippen molar-refractivity contribution < 1.29 is 9.53 Å². The number of H-pyrrole nitrogens is 1. The van der Waals surface area contributed by atoms with E-state index >= 15 is 0 Å². The fourth-order valence-electron chi connectivity index (χ4n) is 3.21. The summed E-state index contributed by atoms with van der Waals surface area (Å²) < 4.78 is 5.29. The number of halogens is 1. The van der Waals surface area contributed by atoms with Gasteiger partial charge in [-0.15, -0.1) is 0 Å². The van der Waals surface area contributed by atoms with Crippen molar-refractivity contribution in [3.05, 3.63) is 101 Å². The van der Waals surface area contributed by atoms with Gasteiger partial charge in [0.1, 0.15) is 11.6 Å². The number of hydrogen-bond donors (Lipinski definition) is 2. The van der Waals surface area contributed by atoms with Crippen LogP contribution < -0.4 is 10.1 Å². The predicted molar refractivity (Wildman–Crippen MR) is 128 cm³/mol.